The summed E-state index contributed by atoms with van der Waals surface area (Å²) in [6, 6.07) is 29.9. The number of carbonyl (C=O) groups is 3. The minimum Gasteiger partial charge on any atom is -0.319 e. The molecule has 0 saturated carbocycles. The molecule has 3 amide bonds. The maximum Gasteiger partial charge on any atom is 0.325 e. The lowest BCUT2D eigenvalue weighted by molar-refractivity contribution is -0.130. The average molecular weight is 434 g/mol. The molecule has 5 nitrogen and oxygen atoms in total. The van der Waals surface area contributed by atoms with Crippen molar-refractivity contribution in [3.63, 3.8) is 0 Å². The quantitative estimate of drug-likeness (QED) is 0.349. The molecule has 1 atom stereocenters. The van der Waals surface area contributed by atoms with Gasteiger partial charge in [0.15, 0.2) is 5.78 Å². The Kier molecular flexibility index (Phi) is 5.02. The summed E-state index contributed by atoms with van der Waals surface area (Å²) in [4.78, 5) is 40.1. The maximum absolute atomic E-state index is 13.4. The van der Waals surface area contributed by atoms with Crippen LogP contribution in [0, 0.1) is 0 Å². The van der Waals surface area contributed by atoms with Crippen LogP contribution in [0.2, 0.25) is 0 Å². The van der Waals surface area contributed by atoms with E-state index in [2.05, 4.69) is 5.32 Å². The number of rotatable bonds is 5. The van der Waals surface area contributed by atoms with E-state index in [0.717, 1.165) is 26.8 Å². The van der Waals surface area contributed by atoms with E-state index >= 15 is 0 Å². The molecule has 1 aliphatic heterocycles. The van der Waals surface area contributed by atoms with Gasteiger partial charge in [0.05, 0.1) is 6.54 Å². The fraction of sp³-hybridized carbons (Fsp3) is 0.107. The second kappa shape index (κ2) is 8.02. The van der Waals surface area contributed by atoms with Crippen LogP contribution in [0.1, 0.15) is 22.8 Å². The summed E-state index contributed by atoms with van der Waals surface area (Å²) < 4.78 is 0. The predicted octanol–water partition coefficient (Wildman–Crippen LogP) is 5.16. The number of Topliss-reactive ketones (excluding diaryl/α,β-unsaturated/α-hetero) is 1. The molecule has 4 aromatic rings. The van der Waals surface area contributed by atoms with Crippen molar-refractivity contribution in [2.24, 2.45) is 0 Å². The fourth-order valence-electron chi connectivity index (χ4n) is 4.40. The molecule has 5 heteroatoms. The largest absolute Gasteiger partial charge is 0.325 e. The Hall–Kier alpha value is -4.25. The van der Waals surface area contributed by atoms with E-state index in [9.17, 15) is 14.4 Å². The molecule has 1 aliphatic rings. The predicted molar refractivity (Wildman–Crippen MR) is 128 cm³/mol. The minimum atomic E-state index is -1.24. The number of carbonyl (C=O) groups excluding carboxylic acids is 3. The summed E-state index contributed by atoms with van der Waals surface area (Å²) in [7, 11) is 0. The highest BCUT2D eigenvalue weighted by atomic mass is 16.2. The summed E-state index contributed by atoms with van der Waals surface area (Å²) in [6.07, 6.45) is 0. The number of imide groups is 1. The minimum absolute atomic E-state index is 0.291. The van der Waals surface area contributed by atoms with Crippen molar-refractivity contribution in [3.8, 4) is 11.1 Å². The SMILES string of the molecule is CC1(c2cccc3ccccc23)NC(=O)N(CC(=O)c2ccc(-c3ccccc3)cc2)C1=O. The van der Waals surface area contributed by atoms with Gasteiger partial charge in [-0.3, -0.25) is 14.5 Å². The molecular weight excluding hydrogens is 412 g/mol. The molecule has 5 rings (SSSR count). The third-order valence-corrected chi connectivity index (χ3v) is 6.22. The molecule has 1 unspecified atom stereocenters. The number of hydrogen-bond acceptors (Lipinski definition) is 3. The monoisotopic (exact) mass is 434 g/mol. The number of urea groups is 1. The van der Waals surface area contributed by atoms with Crippen LogP contribution in [0.25, 0.3) is 21.9 Å². The highest BCUT2D eigenvalue weighted by molar-refractivity contribution is 6.12. The molecular formula is C28H22N2O3. The van der Waals surface area contributed by atoms with Crippen molar-refractivity contribution in [3.05, 3.63) is 108 Å². The van der Waals surface area contributed by atoms with Crippen LogP contribution < -0.4 is 5.32 Å². The first-order valence-electron chi connectivity index (χ1n) is 10.8. The molecule has 0 aliphatic carbocycles. The van der Waals surface area contributed by atoms with Gasteiger partial charge in [-0.15, -0.1) is 0 Å². The van der Waals surface area contributed by atoms with E-state index < -0.39 is 17.5 Å². The maximum atomic E-state index is 13.4. The van der Waals surface area contributed by atoms with E-state index in [0.29, 0.717) is 11.1 Å². The van der Waals surface area contributed by atoms with Gasteiger partial charge in [-0.05, 0) is 34.4 Å². The second-order valence-electron chi connectivity index (χ2n) is 8.34. The topological polar surface area (TPSA) is 66.5 Å². The van der Waals surface area contributed by atoms with E-state index in [1.807, 2.05) is 84.9 Å². The van der Waals surface area contributed by atoms with Gasteiger partial charge in [-0.1, -0.05) is 97.1 Å². The number of fused-ring (bicyclic) bond motifs is 1. The number of amides is 3. The molecule has 0 aromatic heterocycles. The Morgan fingerprint density at radius 2 is 1.42 bits per heavy atom. The molecule has 162 valence electrons. The summed E-state index contributed by atoms with van der Waals surface area (Å²) in [5, 5.41) is 4.68. The summed E-state index contributed by atoms with van der Waals surface area (Å²) in [5.41, 5.74) is 1.97. The Balaban J connectivity index is 1.39. The lowest BCUT2D eigenvalue weighted by Crippen LogP contribution is -2.41. The third-order valence-electron chi connectivity index (χ3n) is 6.22. The van der Waals surface area contributed by atoms with E-state index in [4.69, 9.17) is 0 Å². The molecule has 1 saturated heterocycles. The van der Waals surface area contributed by atoms with E-state index in [-0.39, 0.29) is 12.3 Å². The zero-order valence-corrected chi connectivity index (χ0v) is 18.1. The Bertz CT molecular complexity index is 1370. The molecule has 0 radical (unpaired) electrons. The molecule has 1 fully saturated rings. The molecule has 0 spiro atoms. The average Bonchev–Trinajstić information content (AvgIpc) is 3.08. The molecule has 0 bridgehead atoms. The van der Waals surface area contributed by atoms with Gasteiger partial charge in [0, 0.05) is 5.56 Å². The van der Waals surface area contributed by atoms with Crippen molar-refractivity contribution < 1.29 is 14.4 Å². The van der Waals surface area contributed by atoms with Crippen molar-refractivity contribution >= 4 is 28.5 Å². The molecule has 4 aromatic carbocycles. The Morgan fingerprint density at radius 1 is 0.788 bits per heavy atom. The summed E-state index contributed by atoms with van der Waals surface area (Å²) >= 11 is 0. The van der Waals surface area contributed by atoms with Crippen LogP contribution in [0.3, 0.4) is 0 Å². The van der Waals surface area contributed by atoms with Crippen molar-refractivity contribution in [2.45, 2.75) is 12.5 Å². The highest BCUT2D eigenvalue weighted by Gasteiger charge is 2.50. The lowest BCUT2D eigenvalue weighted by Gasteiger charge is -2.24. The number of nitrogens with one attached hydrogen (secondary N) is 1. The standard InChI is InChI=1S/C28H22N2O3/c1-28(24-13-7-11-21-10-5-6-12-23(21)24)26(32)30(27(33)29-28)18-25(31)22-16-14-20(15-17-22)19-8-3-2-4-9-19/h2-17H,18H2,1H3,(H,29,33). The van der Waals surface area contributed by atoms with Gasteiger partial charge >= 0.3 is 6.03 Å². The van der Waals surface area contributed by atoms with Gasteiger partial charge in [0.2, 0.25) is 0 Å². The number of benzene rings is 4. The Labute approximate surface area is 191 Å². The van der Waals surface area contributed by atoms with Crippen molar-refractivity contribution in [1.82, 2.24) is 10.2 Å². The third kappa shape index (κ3) is 3.57. The van der Waals surface area contributed by atoms with Crippen LogP contribution in [-0.2, 0) is 10.3 Å². The number of hydrogen-bond donors (Lipinski definition) is 1. The smallest absolute Gasteiger partial charge is 0.319 e. The molecule has 33 heavy (non-hydrogen) atoms. The van der Waals surface area contributed by atoms with Gasteiger partial charge in [-0.2, -0.15) is 0 Å². The first kappa shape index (κ1) is 20.6. The summed E-state index contributed by atoms with van der Waals surface area (Å²) in [6.45, 7) is 1.38. The zero-order chi connectivity index (χ0) is 23.0. The first-order chi connectivity index (χ1) is 16.0. The van der Waals surface area contributed by atoms with Crippen molar-refractivity contribution in [1.29, 1.82) is 0 Å². The highest BCUT2D eigenvalue weighted by Crippen LogP contribution is 2.34. The molecule has 1 heterocycles. The van der Waals surface area contributed by atoms with Gasteiger partial charge in [-0.25, -0.2) is 4.79 Å². The lowest BCUT2D eigenvalue weighted by atomic mass is 9.87. The van der Waals surface area contributed by atoms with E-state index in [1.54, 1.807) is 19.1 Å². The summed E-state index contributed by atoms with van der Waals surface area (Å²) in [5.74, 6) is -0.724. The number of nitrogens with zero attached hydrogens (tertiary/aromatic N) is 1. The van der Waals surface area contributed by atoms with Crippen LogP contribution in [0.15, 0.2) is 97.1 Å². The van der Waals surface area contributed by atoms with Crippen molar-refractivity contribution in [2.75, 3.05) is 6.54 Å². The van der Waals surface area contributed by atoms with Gasteiger partial charge in [0.1, 0.15) is 5.54 Å². The van der Waals surface area contributed by atoms with Gasteiger partial charge in [0.25, 0.3) is 5.91 Å². The van der Waals surface area contributed by atoms with Crippen LogP contribution in [0.4, 0.5) is 4.79 Å². The molecule has 1 N–H and O–H groups in total. The zero-order valence-electron chi connectivity index (χ0n) is 18.1. The fourth-order valence-corrected chi connectivity index (χ4v) is 4.40. The second-order valence-corrected chi connectivity index (χ2v) is 8.34. The van der Waals surface area contributed by atoms with Crippen LogP contribution >= 0.6 is 0 Å². The van der Waals surface area contributed by atoms with Gasteiger partial charge < -0.3 is 5.32 Å². The van der Waals surface area contributed by atoms with Crippen LogP contribution in [0.5, 0.6) is 0 Å². The first-order valence-corrected chi connectivity index (χ1v) is 10.8. The van der Waals surface area contributed by atoms with Crippen LogP contribution in [-0.4, -0.2) is 29.2 Å². The normalized spacial score (nSPS) is 17.9. The number of ketones is 1. The van der Waals surface area contributed by atoms with E-state index in [1.165, 1.54) is 0 Å². The Morgan fingerprint density at radius 3 is 2.18 bits per heavy atom.